The third-order valence-corrected chi connectivity index (χ3v) is 2.98. The highest BCUT2D eigenvalue weighted by Gasteiger charge is 2.06. The minimum absolute atomic E-state index is 0.122. The van der Waals surface area contributed by atoms with Crippen molar-refractivity contribution in [3.63, 3.8) is 0 Å². The van der Waals surface area contributed by atoms with Gasteiger partial charge >= 0.3 is 10.2 Å². The zero-order valence-corrected chi connectivity index (χ0v) is 11.3. The van der Waals surface area contributed by atoms with Gasteiger partial charge in [-0.1, -0.05) is 60.4 Å². The summed E-state index contributed by atoms with van der Waals surface area (Å²) < 4.78 is 34.5. The minimum Gasteiger partial charge on any atom is -0.190 e. The molecule has 0 aliphatic heterocycles. The second-order valence-corrected chi connectivity index (χ2v) is 5.18. The molecule has 0 atom stereocenters. The molecule has 0 heterocycles. The Morgan fingerprint density at radius 2 is 1.50 bits per heavy atom. The summed E-state index contributed by atoms with van der Waals surface area (Å²) in [5.74, 6) is 5.52. The van der Waals surface area contributed by atoms with Crippen molar-refractivity contribution >= 4 is 15.8 Å². The third kappa shape index (κ3) is 4.38. The average Bonchev–Trinajstić information content (AvgIpc) is 2.44. The molecular weight excluding hydrogens is 275 g/mol. The Balaban J connectivity index is 2.45. The third-order valence-electron chi connectivity index (χ3n) is 2.46. The van der Waals surface area contributed by atoms with Crippen LogP contribution in [0.3, 0.4) is 0 Å². The van der Waals surface area contributed by atoms with E-state index < -0.39 is 10.2 Å². The van der Waals surface area contributed by atoms with Gasteiger partial charge in [0.15, 0.2) is 0 Å². The van der Waals surface area contributed by atoms with E-state index in [9.17, 15) is 12.3 Å². The predicted molar refractivity (Wildman–Crippen MR) is 77.8 cm³/mol. The largest absolute Gasteiger partial charge is 0.326 e. The van der Waals surface area contributed by atoms with Crippen LogP contribution in [0.4, 0.5) is 3.89 Å². The van der Waals surface area contributed by atoms with Gasteiger partial charge in [0.05, 0.1) is 5.41 Å². The summed E-state index contributed by atoms with van der Waals surface area (Å²) in [6.07, 6.45) is 0. The van der Waals surface area contributed by atoms with Crippen molar-refractivity contribution in [2.45, 2.75) is 0 Å². The zero-order valence-electron chi connectivity index (χ0n) is 10.5. The lowest BCUT2D eigenvalue weighted by Gasteiger charge is -1.98. The van der Waals surface area contributed by atoms with Gasteiger partial charge in [-0.3, -0.25) is 0 Å². The van der Waals surface area contributed by atoms with Gasteiger partial charge in [-0.25, -0.2) is 0 Å². The first-order chi connectivity index (χ1) is 9.54. The molecular formula is C16H11FO2S. The molecule has 0 aliphatic rings. The number of hydrogen-bond acceptors (Lipinski definition) is 2. The van der Waals surface area contributed by atoms with E-state index in [4.69, 9.17) is 0 Å². The molecule has 2 nitrogen and oxygen atoms in total. The Bertz CT molecular complexity index is 767. The van der Waals surface area contributed by atoms with E-state index in [-0.39, 0.29) is 5.57 Å². The molecule has 20 heavy (non-hydrogen) atoms. The molecule has 0 saturated carbocycles. The van der Waals surface area contributed by atoms with Crippen LogP contribution in [-0.4, -0.2) is 8.42 Å². The van der Waals surface area contributed by atoms with Crippen molar-refractivity contribution < 1.29 is 12.3 Å². The van der Waals surface area contributed by atoms with Crippen LogP contribution in [0.2, 0.25) is 0 Å². The van der Waals surface area contributed by atoms with E-state index in [0.717, 1.165) is 5.56 Å². The summed E-state index contributed by atoms with van der Waals surface area (Å²) in [6, 6.07) is 17.7. The van der Waals surface area contributed by atoms with Crippen LogP contribution in [0.1, 0.15) is 11.1 Å². The van der Waals surface area contributed by atoms with Gasteiger partial charge in [0, 0.05) is 11.1 Å². The van der Waals surface area contributed by atoms with Gasteiger partial charge in [0.1, 0.15) is 0 Å². The quantitative estimate of drug-likeness (QED) is 0.626. The molecule has 0 aliphatic carbocycles. The van der Waals surface area contributed by atoms with Gasteiger partial charge < -0.3 is 0 Å². The second kappa shape index (κ2) is 6.18. The molecule has 100 valence electrons. The Morgan fingerprint density at radius 3 is 2.05 bits per heavy atom. The van der Waals surface area contributed by atoms with Crippen molar-refractivity contribution in [3.8, 4) is 11.8 Å². The predicted octanol–water partition coefficient (Wildman–Crippen LogP) is 3.38. The van der Waals surface area contributed by atoms with Gasteiger partial charge in [-0.15, -0.1) is 3.89 Å². The molecule has 0 spiro atoms. The van der Waals surface area contributed by atoms with E-state index in [1.54, 1.807) is 42.5 Å². The van der Waals surface area contributed by atoms with Gasteiger partial charge in [0.25, 0.3) is 0 Å². The maximum Gasteiger partial charge on any atom is 0.326 e. The number of rotatable bonds is 2. The van der Waals surface area contributed by atoms with Crippen molar-refractivity contribution in [2.75, 3.05) is 0 Å². The summed E-state index contributed by atoms with van der Waals surface area (Å²) in [5, 5.41) is 0.540. The van der Waals surface area contributed by atoms with Crippen LogP contribution in [0, 0.1) is 11.8 Å². The van der Waals surface area contributed by atoms with Gasteiger partial charge in [0.2, 0.25) is 0 Å². The normalized spacial score (nSPS) is 11.6. The maximum atomic E-state index is 12.9. The number of hydrogen-bond donors (Lipinski definition) is 0. The lowest BCUT2D eigenvalue weighted by molar-refractivity contribution is 0.563. The molecule has 2 aromatic rings. The fourth-order valence-corrected chi connectivity index (χ4v) is 2.07. The van der Waals surface area contributed by atoms with Crippen LogP contribution < -0.4 is 0 Å². The summed E-state index contributed by atoms with van der Waals surface area (Å²) in [7, 11) is -4.74. The number of halogens is 1. The maximum absolute atomic E-state index is 12.9. The number of allylic oxidation sites excluding steroid dienone is 1. The molecule has 0 bridgehead atoms. The fraction of sp³-hybridized carbons (Fsp3) is 0. The van der Waals surface area contributed by atoms with Crippen LogP contribution in [-0.2, 0) is 10.2 Å². The smallest absolute Gasteiger partial charge is 0.190 e. The minimum atomic E-state index is -4.74. The van der Waals surface area contributed by atoms with Crippen molar-refractivity contribution in [3.05, 3.63) is 77.2 Å². The standard InChI is InChI=1S/C16H11FO2S/c17-20(18,19)13-16(15-9-5-2-6-10-15)12-11-14-7-3-1-4-8-14/h1-10,13H/b16-13-. The summed E-state index contributed by atoms with van der Waals surface area (Å²) in [5.41, 5.74) is 1.40. The summed E-state index contributed by atoms with van der Waals surface area (Å²) in [4.78, 5) is 0. The molecule has 0 aromatic heterocycles. The monoisotopic (exact) mass is 286 g/mol. The number of benzene rings is 2. The molecule has 0 amide bonds. The van der Waals surface area contributed by atoms with E-state index in [2.05, 4.69) is 11.8 Å². The van der Waals surface area contributed by atoms with E-state index in [1.807, 2.05) is 18.2 Å². The zero-order chi connectivity index (χ0) is 14.4. The molecule has 0 saturated heterocycles. The van der Waals surface area contributed by atoms with Crippen LogP contribution in [0.5, 0.6) is 0 Å². The molecule has 0 unspecified atom stereocenters. The van der Waals surface area contributed by atoms with Crippen molar-refractivity contribution in [2.24, 2.45) is 0 Å². The highest BCUT2D eigenvalue weighted by atomic mass is 32.3. The molecule has 2 rings (SSSR count). The van der Waals surface area contributed by atoms with Gasteiger partial charge in [-0.05, 0) is 17.7 Å². The van der Waals surface area contributed by atoms with E-state index in [1.165, 1.54) is 0 Å². The van der Waals surface area contributed by atoms with Crippen LogP contribution in [0.15, 0.2) is 66.1 Å². The van der Waals surface area contributed by atoms with Crippen LogP contribution in [0.25, 0.3) is 5.57 Å². The van der Waals surface area contributed by atoms with Crippen molar-refractivity contribution in [1.29, 1.82) is 0 Å². The Morgan fingerprint density at radius 1 is 0.950 bits per heavy atom. The highest BCUT2D eigenvalue weighted by Crippen LogP contribution is 2.15. The highest BCUT2D eigenvalue weighted by molar-refractivity contribution is 7.89. The first kappa shape index (κ1) is 14.0. The SMILES string of the molecule is O=S(=O)(F)/C=C(/C#Cc1ccccc1)c1ccccc1. The molecule has 2 aromatic carbocycles. The summed E-state index contributed by atoms with van der Waals surface area (Å²) >= 11 is 0. The van der Waals surface area contributed by atoms with E-state index in [0.29, 0.717) is 11.0 Å². The Hall–Kier alpha value is -2.38. The Kier molecular flexibility index (Phi) is 4.34. The fourth-order valence-electron chi connectivity index (χ4n) is 1.59. The first-order valence-corrected chi connectivity index (χ1v) is 7.28. The molecule has 4 heteroatoms. The first-order valence-electron chi connectivity index (χ1n) is 5.83. The molecule has 0 radical (unpaired) electrons. The van der Waals surface area contributed by atoms with Crippen LogP contribution >= 0.6 is 0 Å². The molecule has 0 fully saturated rings. The second-order valence-electron chi connectivity index (χ2n) is 3.99. The summed E-state index contributed by atoms with van der Waals surface area (Å²) in [6.45, 7) is 0. The lowest BCUT2D eigenvalue weighted by atomic mass is 10.1. The lowest BCUT2D eigenvalue weighted by Crippen LogP contribution is -1.88. The van der Waals surface area contributed by atoms with Gasteiger partial charge in [-0.2, -0.15) is 8.42 Å². The average molecular weight is 286 g/mol. The molecule has 0 N–H and O–H groups in total. The Labute approximate surface area is 117 Å². The van der Waals surface area contributed by atoms with E-state index >= 15 is 0 Å². The topological polar surface area (TPSA) is 34.1 Å². The van der Waals surface area contributed by atoms with Crippen molar-refractivity contribution in [1.82, 2.24) is 0 Å².